The van der Waals surface area contributed by atoms with Crippen molar-refractivity contribution in [2.24, 2.45) is 0 Å². The number of ether oxygens (including phenoxy) is 2. The number of alkyl halides is 3. The fourth-order valence-electron chi connectivity index (χ4n) is 1.39. The van der Waals surface area contributed by atoms with E-state index in [0.717, 1.165) is 0 Å². The van der Waals surface area contributed by atoms with Gasteiger partial charge in [-0.2, -0.15) is 0 Å². The molecular formula is C13H12BrF3O3. The molecule has 20 heavy (non-hydrogen) atoms. The van der Waals surface area contributed by atoms with E-state index in [1.807, 2.05) is 0 Å². The van der Waals surface area contributed by atoms with Crippen LogP contribution < -0.4 is 4.74 Å². The Bertz CT molecular complexity index is 498. The number of allylic oxidation sites excluding steroid dienone is 1. The van der Waals surface area contributed by atoms with Gasteiger partial charge in [-0.05, 0) is 31.0 Å². The van der Waals surface area contributed by atoms with Crippen LogP contribution >= 0.6 is 15.9 Å². The molecule has 0 bridgehead atoms. The van der Waals surface area contributed by atoms with E-state index in [-0.39, 0.29) is 18.8 Å². The van der Waals surface area contributed by atoms with Crippen LogP contribution in [0.1, 0.15) is 12.5 Å². The molecule has 3 nitrogen and oxygen atoms in total. The van der Waals surface area contributed by atoms with Crippen LogP contribution in [0.25, 0.3) is 0 Å². The molecular weight excluding hydrogens is 341 g/mol. The summed E-state index contributed by atoms with van der Waals surface area (Å²) in [5, 5.41) is 0. The standard InChI is InChI=1S/C13H12BrF3O3/c1-2-19-12(18)5-3-4-9-6-7-10(14)8-11(9)20-13(15,16)17/h3,5-8H,2,4H2,1H3/b5-3+. The van der Waals surface area contributed by atoms with Gasteiger partial charge in [-0.15, -0.1) is 13.2 Å². The first-order valence-corrected chi connectivity index (χ1v) is 6.48. The summed E-state index contributed by atoms with van der Waals surface area (Å²) in [6, 6.07) is 4.30. The number of benzene rings is 1. The zero-order chi connectivity index (χ0) is 15.2. The Hall–Kier alpha value is -1.50. The van der Waals surface area contributed by atoms with Crippen molar-refractivity contribution in [1.82, 2.24) is 0 Å². The lowest BCUT2D eigenvalue weighted by molar-refractivity contribution is -0.274. The number of halogens is 4. The number of esters is 1. The number of hydrogen-bond donors (Lipinski definition) is 0. The maximum atomic E-state index is 12.3. The van der Waals surface area contributed by atoms with Crippen LogP contribution in [0.4, 0.5) is 13.2 Å². The second-order valence-corrected chi connectivity index (χ2v) is 4.57. The van der Waals surface area contributed by atoms with Crippen molar-refractivity contribution in [2.75, 3.05) is 6.61 Å². The molecule has 0 spiro atoms. The lowest BCUT2D eigenvalue weighted by Gasteiger charge is -2.12. The third kappa shape index (κ3) is 6.10. The second kappa shape index (κ2) is 7.33. The molecule has 0 radical (unpaired) electrons. The first kappa shape index (κ1) is 16.6. The predicted octanol–water partition coefficient (Wildman–Crippen LogP) is 4.01. The van der Waals surface area contributed by atoms with Crippen molar-refractivity contribution in [2.45, 2.75) is 19.7 Å². The maximum Gasteiger partial charge on any atom is 0.573 e. The molecule has 1 aromatic carbocycles. The topological polar surface area (TPSA) is 35.5 Å². The van der Waals surface area contributed by atoms with E-state index in [4.69, 9.17) is 0 Å². The molecule has 0 aliphatic heterocycles. The van der Waals surface area contributed by atoms with Gasteiger partial charge in [0.05, 0.1) is 6.61 Å². The summed E-state index contributed by atoms with van der Waals surface area (Å²) in [7, 11) is 0. The van der Waals surface area contributed by atoms with E-state index in [0.29, 0.717) is 10.0 Å². The van der Waals surface area contributed by atoms with Crippen molar-refractivity contribution in [3.63, 3.8) is 0 Å². The minimum absolute atomic E-state index is 0.123. The van der Waals surface area contributed by atoms with Gasteiger partial charge >= 0.3 is 12.3 Å². The third-order valence-electron chi connectivity index (χ3n) is 2.13. The lowest BCUT2D eigenvalue weighted by atomic mass is 10.1. The van der Waals surface area contributed by atoms with Gasteiger partial charge in [-0.3, -0.25) is 0 Å². The summed E-state index contributed by atoms with van der Waals surface area (Å²) >= 11 is 3.08. The average Bonchev–Trinajstić information content (AvgIpc) is 2.30. The Kier molecular flexibility index (Phi) is 6.06. The normalized spacial score (nSPS) is 11.7. The lowest BCUT2D eigenvalue weighted by Crippen LogP contribution is -2.18. The minimum Gasteiger partial charge on any atom is -0.463 e. The van der Waals surface area contributed by atoms with Crippen molar-refractivity contribution in [3.05, 3.63) is 40.4 Å². The molecule has 0 fully saturated rings. The highest BCUT2D eigenvalue weighted by molar-refractivity contribution is 9.10. The summed E-state index contributed by atoms with van der Waals surface area (Å²) in [5.41, 5.74) is 0.311. The van der Waals surface area contributed by atoms with Crippen LogP contribution in [0.5, 0.6) is 5.75 Å². The number of hydrogen-bond acceptors (Lipinski definition) is 3. The quantitative estimate of drug-likeness (QED) is 0.593. The van der Waals surface area contributed by atoms with E-state index in [2.05, 4.69) is 25.4 Å². The maximum absolute atomic E-state index is 12.3. The van der Waals surface area contributed by atoms with E-state index >= 15 is 0 Å². The Balaban J connectivity index is 2.81. The monoisotopic (exact) mass is 352 g/mol. The molecule has 0 N–H and O–H groups in total. The van der Waals surface area contributed by atoms with Gasteiger partial charge in [0, 0.05) is 10.5 Å². The van der Waals surface area contributed by atoms with E-state index < -0.39 is 12.3 Å². The van der Waals surface area contributed by atoms with Gasteiger partial charge in [0.1, 0.15) is 5.75 Å². The van der Waals surface area contributed by atoms with Crippen molar-refractivity contribution in [3.8, 4) is 5.75 Å². The highest BCUT2D eigenvalue weighted by atomic mass is 79.9. The Morgan fingerprint density at radius 2 is 2.10 bits per heavy atom. The number of carbonyl (C=O) groups excluding carboxylic acids is 1. The molecule has 0 amide bonds. The van der Waals surface area contributed by atoms with Crippen molar-refractivity contribution in [1.29, 1.82) is 0 Å². The van der Waals surface area contributed by atoms with Crippen LogP contribution in [0.15, 0.2) is 34.8 Å². The molecule has 0 heterocycles. The summed E-state index contributed by atoms with van der Waals surface area (Å²) in [6.45, 7) is 1.90. The first-order valence-electron chi connectivity index (χ1n) is 5.69. The molecule has 7 heteroatoms. The number of carbonyl (C=O) groups is 1. The minimum atomic E-state index is -4.76. The molecule has 0 unspecified atom stereocenters. The van der Waals surface area contributed by atoms with E-state index in [9.17, 15) is 18.0 Å². The Morgan fingerprint density at radius 1 is 1.40 bits per heavy atom. The molecule has 0 atom stereocenters. The van der Waals surface area contributed by atoms with Gasteiger partial charge in [0.2, 0.25) is 0 Å². The first-order chi connectivity index (χ1) is 9.31. The molecule has 1 rings (SSSR count). The predicted molar refractivity (Wildman–Crippen MR) is 70.3 cm³/mol. The van der Waals surface area contributed by atoms with E-state index in [1.54, 1.807) is 13.0 Å². The molecule has 110 valence electrons. The zero-order valence-corrected chi connectivity index (χ0v) is 12.1. The summed E-state index contributed by atoms with van der Waals surface area (Å²) in [5.74, 6) is -0.844. The van der Waals surface area contributed by atoms with Gasteiger partial charge < -0.3 is 9.47 Å². The second-order valence-electron chi connectivity index (χ2n) is 3.66. The molecule has 0 saturated heterocycles. The molecule has 0 aliphatic rings. The van der Waals surface area contributed by atoms with Crippen LogP contribution in [-0.2, 0) is 16.0 Å². The fraction of sp³-hybridized carbons (Fsp3) is 0.308. The van der Waals surface area contributed by atoms with Crippen LogP contribution in [0, 0.1) is 0 Å². The fourth-order valence-corrected chi connectivity index (χ4v) is 1.73. The van der Waals surface area contributed by atoms with Crippen LogP contribution in [-0.4, -0.2) is 18.9 Å². The largest absolute Gasteiger partial charge is 0.573 e. The smallest absolute Gasteiger partial charge is 0.463 e. The van der Waals surface area contributed by atoms with Gasteiger partial charge in [0.25, 0.3) is 0 Å². The van der Waals surface area contributed by atoms with E-state index in [1.165, 1.54) is 24.3 Å². The van der Waals surface area contributed by atoms with Gasteiger partial charge in [-0.25, -0.2) is 4.79 Å². The number of rotatable bonds is 5. The molecule has 0 aromatic heterocycles. The third-order valence-corrected chi connectivity index (χ3v) is 2.63. The van der Waals surface area contributed by atoms with Gasteiger partial charge in [-0.1, -0.05) is 28.1 Å². The SMILES string of the molecule is CCOC(=O)/C=C/Cc1ccc(Br)cc1OC(F)(F)F. The summed E-state index contributed by atoms with van der Waals surface area (Å²) in [6.07, 6.45) is -2.05. The summed E-state index contributed by atoms with van der Waals surface area (Å²) in [4.78, 5) is 11.1. The van der Waals surface area contributed by atoms with Gasteiger partial charge in [0.15, 0.2) is 0 Å². The molecule has 1 aromatic rings. The Labute approximate surface area is 122 Å². The highest BCUT2D eigenvalue weighted by Crippen LogP contribution is 2.29. The van der Waals surface area contributed by atoms with Crippen molar-refractivity contribution < 1.29 is 27.4 Å². The molecule has 0 saturated carbocycles. The zero-order valence-electron chi connectivity index (χ0n) is 10.5. The van der Waals surface area contributed by atoms with Crippen LogP contribution in [0.2, 0.25) is 0 Å². The molecule has 0 aliphatic carbocycles. The highest BCUT2D eigenvalue weighted by Gasteiger charge is 2.32. The average molecular weight is 353 g/mol. The van der Waals surface area contributed by atoms with Crippen molar-refractivity contribution >= 4 is 21.9 Å². The Morgan fingerprint density at radius 3 is 2.70 bits per heavy atom. The summed E-state index contributed by atoms with van der Waals surface area (Å²) < 4.78 is 45.9. The van der Waals surface area contributed by atoms with Crippen LogP contribution in [0.3, 0.4) is 0 Å².